The Kier molecular flexibility index (Phi) is 10.3. The molecule has 2 aliphatic rings. The molecule has 2 heterocycles. The van der Waals surface area contributed by atoms with Crippen LogP contribution in [0.2, 0.25) is 0 Å². The first-order chi connectivity index (χ1) is 18.6. The molecule has 0 N–H and O–H groups in total. The van der Waals surface area contributed by atoms with Crippen molar-refractivity contribution in [3.63, 3.8) is 0 Å². The number of hydrogen-bond acceptors (Lipinski definition) is 3. The number of rotatable bonds is 8. The Bertz CT molecular complexity index is 905. The smallest absolute Gasteiger partial charge is 0.353 e. The van der Waals surface area contributed by atoms with Gasteiger partial charge >= 0.3 is 12.4 Å². The molecule has 4 rings (SSSR count). The lowest BCUT2D eigenvalue weighted by atomic mass is 9.92. The Hall–Kier alpha value is -2.10. The fourth-order valence-corrected chi connectivity index (χ4v) is 5.91. The maximum absolute atomic E-state index is 14.0. The van der Waals surface area contributed by atoms with Crippen LogP contribution in [0.1, 0.15) is 61.5 Å². The van der Waals surface area contributed by atoms with Gasteiger partial charge in [0.05, 0.1) is 0 Å². The summed E-state index contributed by atoms with van der Waals surface area (Å²) in [6, 6.07) is 19.7. The molecule has 4 unspecified atom stereocenters. The Balaban J connectivity index is 1.38. The number of benzene rings is 2. The second-order valence-electron chi connectivity index (χ2n) is 10.9. The van der Waals surface area contributed by atoms with Gasteiger partial charge in [-0.05, 0) is 87.7 Å². The Morgan fingerprint density at radius 3 is 1.33 bits per heavy atom. The van der Waals surface area contributed by atoms with E-state index in [-0.39, 0.29) is 11.8 Å². The predicted molar refractivity (Wildman–Crippen MR) is 140 cm³/mol. The quantitative estimate of drug-likeness (QED) is 0.315. The molecule has 0 amide bonds. The molecule has 2 aliphatic heterocycles. The minimum atomic E-state index is -4.90. The average molecular weight is 557 g/mol. The molecule has 2 fully saturated rings. The van der Waals surface area contributed by atoms with E-state index in [1.54, 1.807) is 9.80 Å². The fourth-order valence-electron chi connectivity index (χ4n) is 5.91. The summed E-state index contributed by atoms with van der Waals surface area (Å²) in [5.41, 5.74) is 2.29. The first kappa shape index (κ1) is 29.9. The largest absolute Gasteiger partial charge is 0.415 e. The van der Waals surface area contributed by atoms with Crippen LogP contribution in [0.3, 0.4) is 0 Å². The highest BCUT2D eigenvalue weighted by atomic mass is 19.4. The van der Waals surface area contributed by atoms with Crippen LogP contribution < -0.4 is 0 Å². The molecule has 39 heavy (non-hydrogen) atoms. The van der Waals surface area contributed by atoms with Gasteiger partial charge in [-0.2, -0.15) is 26.3 Å². The van der Waals surface area contributed by atoms with Crippen molar-refractivity contribution in [1.82, 2.24) is 9.80 Å². The normalized spacial score (nSPS) is 24.1. The lowest BCUT2D eigenvalue weighted by Gasteiger charge is -2.34. The molecule has 0 aliphatic carbocycles. The molecule has 0 aromatic heterocycles. The van der Waals surface area contributed by atoms with Crippen molar-refractivity contribution in [3.05, 3.63) is 71.8 Å². The molecule has 2 aromatic rings. The SMILES string of the molecule is FC(F)(F)C(CN1CCCC(c2ccccc2)CC1)OC(CN1CCCC(c2ccccc2)CC1)C(F)(F)F. The van der Waals surface area contributed by atoms with E-state index in [1.807, 2.05) is 60.7 Å². The molecule has 0 saturated carbocycles. The maximum atomic E-state index is 14.0. The highest BCUT2D eigenvalue weighted by Crippen LogP contribution is 2.34. The summed E-state index contributed by atoms with van der Waals surface area (Å²) in [5, 5.41) is 0. The molecule has 216 valence electrons. The molecular formula is C30H38F6N2O. The molecule has 0 bridgehead atoms. The fraction of sp³-hybridized carbons (Fsp3) is 0.600. The third-order valence-electron chi connectivity index (χ3n) is 8.09. The summed E-state index contributed by atoms with van der Waals surface area (Å²) in [6.45, 7) is 0.408. The summed E-state index contributed by atoms with van der Waals surface area (Å²) < 4.78 is 89.1. The topological polar surface area (TPSA) is 15.7 Å². The van der Waals surface area contributed by atoms with Gasteiger partial charge in [0.15, 0.2) is 12.2 Å². The second kappa shape index (κ2) is 13.5. The van der Waals surface area contributed by atoms with Crippen LogP contribution in [-0.2, 0) is 4.74 Å². The molecule has 2 aromatic carbocycles. The summed E-state index contributed by atoms with van der Waals surface area (Å²) in [7, 11) is 0. The van der Waals surface area contributed by atoms with Gasteiger partial charge in [-0.3, -0.25) is 0 Å². The summed E-state index contributed by atoms with van der Waals surface area (Å²) >= 11 is 0. The number of likely N-dealkylation sites (tertiary alicyclic amines) is 2. The third-order valence-corrected chi connectivity index (χ3v) is 8.09. The standard InChI is InChI=1S/C30H38F6N2O/c31-29(32,33)27(21-37-17-7-13-25(15-19-37)23-9-3-1-4-10-23)39-28(30(34,35)36)22-38-18-8-14-26(16-20-38)24-11-5-2-6-12-24/h1-6,9-12,25-28H,7-8,13-22H2. The van der Waals surface area contributed by atoms with Gasteiger partial charge in [-0.15, -0.1) is 0 Å². The van der Waals surface area contributed by atoms with Crippen LogP contribution in [0.5, 0.6) is 0 Å². The van der Waals surface area contributed by atoms with E-state index in [0.29, 0.717) is 51.9 Å². The van der Waals surface area contributed by atoms with Crippen LogP contribution in [0, 0.1) is 0 Å². The minimum absolute atomic E-state index is 0.229. The number of alkyl halides is 6. The molecule has 4 atom stereocenters. The van der Waals surface area contributed by atoms with Crippen molar-refractivity contribution in [2.24, 2.45) is 0 Å². The Morgan fingerprint density at radius 2 is 0.974 bits per heavy atom. The number of nitrogens with zero attached hydrogens (tertiary/aromatic N) is 2. The first-order valence-electron chi connectivity index (χ1n) is 13.9. The van der Waals surface area contributed by atoms with Crippen molar-refractivity contribution in [2.45, 2.75) is 74.9 Å². The van der Waals surface area contributed by atoms with Crippen LogP contribution in [-0.4, -0.2) is 73.6 Å². The predicted octanol–water partition coefficient (Wildman–Crippen LogP) is 7.40. The third kappa shape index (κ3) is 8.95. The molecule has 3 nitrogen and oxygen atoms in total. The zero-order valence-corrected chi connectivity index (χ0v) is 22.1. The summed E-state index contributed by atoms with van der Waals surface area (Å²) in [5.74, 6) is 0.458. The molecule has 2 saturated heterocycles. The van der Waals surface area contributed by atoms with E-state index in [4.69, 9.17) is 4.74 Å². The zero-order valence-electron chi connectivity index (χ0n) is 22.1. The maximum Gasteiger partial charge on any atom is 0.415 e. The van der Waals surface area contributed by atoms with Crippen LogP contribution in [0.4, 0.5) is 26.3 Å². The van der Waals surface area contributed by atoms with Gasteiger partial charge in [0.25, 0.3) is 0 Å². The van der Waals surface area contributed by atoms with Gasteiger partial charge in [0, 0.05) is 13.1 Å². The van der Waals surface area contributed by atoms with E-state index in [0.717, 1.165) is 24.0 Å². The van der Waals surface area contributed by atoms with Crippen molar-refractivity contribution >= 4 is 0 Å². The van der Waals surface area contributed by atoms with E-state index >= 15 is 0 Å². The Labute approximate surface area is 227 Å². The van der Waals surface area contributed by atoms with Gasteiger partial charge in [-0.1, -0.05) is 60.7 Å². The summed E-state index contributed by atoms with van der Waals surface area (Å²) in [4.78, 5) is 3.23. The van der Waals surface area contributed by atoms with E-state index < -0.39 is 37.7 Å². The van der Waals surface area contributed by atoms with E-state index in [2.05, 4.69) is 0 Å². The summed E-state index contributed by atoms with van der Waals surface area (Å²) in [6.07, 6.45) is -10.4. The van der Waals surface area contributed by atoms with E-state index in [9.17, 15) is 26.3 Å². The molecule has 9 heteroatoms. The zero-order chi connectivity index (χ0) is 27.9. The molecular weight excluding hydrogens is 518 g/mol. The second-order valence-corrected chi connectivity index (χ2v) is 10.9. The lowest BCUT2D eigenvalue weighted by molar-refractivity contribution is -0.290. The van der Waals surface area contributed by atoms with Gasteiger partial charge in [-0.25, -0.2) is 0 Å². The average Bonchev–Trinajstić information content (AvgIpc) is 3.29. The highest BCUT2D eigenvalue weighted by Gasteiger charge is 2.49. The number of ether oxygens (including phenoxy) is 1. The van der Waals surface area contributed by atoms with Crippen molar-refractivity contribution < 1.29 is 31.1 Å². The monoisotopic (exact) mass is 556 g/mol. The van der Waals surface area contributed by atoms with Gasteiger partial charge < -0.3 is 14.5 Å². The Morgan fingerprint density at radius 1 is 0.590 bits per heavy atom. The minimum Gasteiger partial charge on any atom is -0.353 e. The van der Waals surface area contributed by atoms with Crippen molar-refractivity contribution in [2.75, 3.05) is 39.3 Å². The van der Waals surface area contributed by atoms with Crippen molar-refractivity contribution in [3.8, 4) is 0 Å². The van der Waals surface area contributed by atoms with E-state index in [1.165, 1.54) is 0 Å². The van der Waals surface area contributed by atoms with Crippen LogP contribution in [0.25, 0.3) is 0 Å². The lowest BCUT2D eigenvalue weighted by Crippen LogP contribution is -2.51. The van der Waals surface area contributed by atoms with Crippen LogP contribution >= 0.6 is 0 Å². The van der Waals surface area contributed by atoms with Crippen LogP contribution in [0.15, 0.2) is 60.7 Å². The first-order valence-corrected chi connectivity index (χ1v) is 13.9. The van der Waals surface area contributed by atoms with Gasteiger partial charge in [0.2, 0.25) is 0 Å². The number of hydrogen-bond donors (Lipinski definition) is 0. The molecule has 0 spiro atoms. The van der Waals surface area contributed by atoms with Crippen molar-refractivity contribution in [1.29, 1.82) is 0 Å². The molecule has 0 radical (unpaired) electrons. The highest BCUT2D eigenvalue weighted by molar-refractivity contribution is 5.20. The number of halogens is 6. The van der Waals surface area contributed by atoms with Gasteiger partial charge in [0.1, 0.15) is 0 Å².